The van der Waals surface area contributed by atoms with Crippen molar-refractivity contribution in [3.63, 3.8) is 0 Å². The maximum Gasteiger partial charge on any atom is 0.0571 e. The van der Waals surface area contributed by atoms with Crippen molar-refractivity contribution < 1.29 is 5.11 Å². The molecule has 1 nitrogen and oxygen atoms in total. The quantitative estimate of drug-likeness (QED) is 0.819. The van der Waals surface area contributed by atoms with Gasteiger partial charge in [-0.15, -0.1) is 0 Å². The number of benzene rings is 1. The predicted octanol–water partition coefficient (Wildman–Crippen LogP) is 5.11. The molecule has 0 amide bonds. The van der Waals surface area contributed by atoms with Crippen LogP contribution in [0.2, 0.25) is 10.0 Å². The topological polar surface area (TPSA) is 20.2 Å². The third-order valence-electron chi connectivity index (χ3n) is 4.24. The van der Waals surface area contributed by atoms with Crippen LogP contribution in [-0.2, 0) is 6.42 Å². The first-order valence-corrected chi connectivity index (χ1v) is 7.97. The van der Waals surface area contributed by atoms with Gasteiger partial charge in [-0.2, -0.15) is 0 Å². The van der Waals surface area contributed by atoms with Crippen LogP contribution >= 0.6 is 23.2 Å². The lowest BCUT2D eigenvalue weighted by Gasteiger charge is -2.33. The second kappa shape index (κ2) is 6.97. The molecule has 1 aromatic carbocycles. The van der Waals surface area contributed by atoms with Gasteiger partial charge in [0.1, 0.15) is 0 Å². The molecule has 3 unspecified atom stereocenters. The SMILES string of the molecule is CCCC1CCC(O)C(Cc2cc(Cl)ccc2Cl)C1. The summed E-state index contributed by atoms with van der Waals surface area (Å²) in [5.41, 5.74) is 1.07. The normalized spacial score (nSPS) is 27.5. The molecule has 3 heteroatoms. The lowest BCUT2D eigenvalue weighted by Crippen LogP contribution is -2.30. The second-order valence-corrected chi connectivity index (χ2v) is 6.58. The molecule has 0 spiro atoms. The van der Waals surface area contributed by atoms with Crippen molar-refractivity contribution in [1.29, 1.82) is 0 Å². The Morgan fingerprint density at radius 3 is 2.79 bits per heavy atom. The summed E-state index contributed by atoms with van der Waals surface area (Å²) in [5, 5.41) is 11.7. The zero-order chi connectivity index (χ0) is 13.8. The molecule has 1 aliphatic carbocycles. The summed E-state index contributed by atoms with van der Waals surface area (Å²) in [4.78, 5) is 0. The Morgan fingerprint density at radius 2 is 2.05 bits per heavy atom. The molecule has 1 aliphatic rings. The molecule has 1 saturated carbocycles. The van der Waals surface area contributed by atoms with Gasteiger partial charge < -0.3 is 5.11 Å². The predicted molar refractivity (Wildman–Crippen MR) is 81.9 cm³/mol. The van der Waals surface area contributed by atoms with Gasteiger partial charge in [-0.1, -0.05) is 43.0 Å². The molecular formula is C16H22Cl2O. The van der Waals surface area contributed by atoms with Crippen LogP contribution in [0, 0.1) is 11.8 Å². The van der Waals surface area contributed by atoms with Crippen molar-refractivity contribution in [2.75, 3.05) is 0 Å². The van der Waals surface area contributed by atoms with Gasteiger partial charge in [0.25, 0.3) is 0 Å². The van der Waals surface area contributed by atoms with Gasteiger partial charge in [0.2, 0.25) is 0 Å². The smallest absolute Gasteiger partial charge is 0.0571 e. The van der Waals surface area contributed by atoms with E-state index < -0.39 is 0 Å². The number of hydrogen-bond donors (Lipinski definition) is 1. The highest BCUT2D eigenvalue weighted by Gasteiger charge is 2.29. The summed E-state index contributed by atoms with van der Waals surface area (Å²) in [6.07, 6.45) is 6.34. The largest absolute Gasteiger partial charge is 0.393 e. The molecule has 0 aliphatic heterocycles. The highest BCUT2D eigenvalue weighted by molar-refractivity contribution is 6.33. The van der Waals surface area contributed by atoms with Gasteiger partial charge in [0.05, 0.1) is 6.10 Å². The fraction of sp³-hybridized carbons (Fsp3) is 0.625. The summed E-state index contributed by atoms with van der Waals surface area (Å²) in [7, 11) is 0. The van der Waals surface area contributed by atoms with Crippen LogP contribution in [-0.4, -0.2) is 11.2 Å². The van der Waals surface area contributed by atoms with Gasteiger partial charge in [0.15, 0.2) is 0 Å². The van der Waals surface area contributed by atoms with Gasteiger partial charge in [-0.25, -0.2) is 0 Å². The fourth-order valence-corrected chi connectivity index (χ4v) is 3.61. The Morgan fingerprint density at radius 1 is 1.26 bits per heavy atom. The Bertz CT molecular complexity index is 419. The molecule has 0 radical (unpaired) electrons. The van der Waals surface area contributed by atoms with Gasteiger partial charge in [-0.05, 0) is 61.3 Å². The summed E-state index contributed by atoms with van der Waals surface area (Å²) >= 11 is 12.2. The first kappa shape index (κ1) is 15.2. The van der Waals surface area contributed by atoms with E-state index in [4.69, 9.17) is 23.2 Å². The highest BCUT2D eigenvalue weighted by Crippen LogP contribution is 2.35. The molecule has 2 rings (SSSR count). The maximum absolute atomic E-state index is 10.2. The van der Waals surface area contributed by atoms with Crippen LogP contribution in [0.5, 0.6) is 0 Å². The van der Waals surface area contributed by atoms with Gasteiger partial charge in [-0.3, -0.25) is 0 Å². The van der Waals surface area contributed by atoms with E-state index in [9.17, 15) is 5.11 Å². The average molecular weight is 301 g/mol. The van der Waals surface area contributed by atoms with E-state index in [0.717, 1.165) is 47.2 Å². The van der Waals surface area contributed by atoms with Crippen LogP contribution in [0.15, 0.2) is 18.2 Å². The second-order valence-electron chi connectivity index (χ2n) is 5.74. The summed E-state index contributed by atoms with van der Waals surface area (Å²) in [6.45, 7) is 2.23. The monoisotopic (exact) mass is 300 g/mol. The molecule has 19 heavy (non-hydrogen) atoms. The number of aliphatic hydroxyl groups excluding tert-OH is 1. The summed E-state index contributed by atoms with van der Waals surface area (Å²) < 4.78 is 0. The Hall–Kier alpha value is -0.240. The van der Waals surface area contributed by atoms with E-state index in [-0.39, 0.29) is 6.10 Å². The Labute approximate surface area is 125 Å². The molecule has 3 atom stereocenters. The molecule has 1 fully saturated rings. The summed E-state index contributed by atoms with van der Waals surface area (Å²) in [5.74, 6) is 1.08. The fourth-order valence-electron chi connectivity index (χ4n) is 3.22. The van der Waals surface area contributed by atoms with Crippen molar-refractivity contribution in [2.45, 2.75) is 51.6 Å². The molecule has 0 heterocycles. The van der Waals surface area contributed by atoms with Crippen molar-refractivity contribution >= 4 is 23.2 Å². The molecule has 0 saturated heterocycles. The van der Waals surface area contributed by atoms with Crippen molar-refractivity contribution in [3.8, 4) is 0 Å². The Balaban J connectivity index is 2.05. The van der Waals surface area contributed by atoms with E-state index in [2.05, 4.69) is 6.92 Å². The molecular weight excluding hydrogens is 279 g/mol. The minimum atomic E-state index is -0.192. The van der Waals surface area contributed by atoms with Crippen molar-refractivity contribution in [3.05, 3.63) is 33.8 Å². The zero-order valence-corrected chi connectivity index (χ0v) is 12.9. The lowest BCUT2D eigenvalue weighted by atomic mass is 9.75. The van der Waals surface area contributed by atoms with E-state index in [1.165, 1.54) is 12.8 Å². The standard InChI is InChI=1S/C16H22Cl2O/c1-2-3-11-4-7-16(19)13(8-11)9-12-10-14(17)5-6-15(12)18/h5-6,10-11,13,16,19H,2-4,7-9H2,1H3. The van der Waals surface area contributed by atoms with E-state index >= 15 is 0 Å². The number of rotatable bonds is 4. The maximum atomic E-state index is 10.2. The first-order chi connectivity index (χ1) is 9.10. The van der Waals surface area contributed by atoms with Gasteiger partial charge >= 0.3 is 0 Å². The molecule has 1 aromatic rings. The third-order valence-corrected chi connectivity index (χ3v) is 4.84. The van der Waals surface area contributed by atoms with Crippen LogP contribution in [0.25, 0.3) is 0 Å². The van der Waals surface area contributed by atoms with Crippen LogP contribution in [0.4, 0.5) is 0 Å². The first-order valence-electron chi connectivity index (χ1n) is 7.22. The van der Waals surface area contributed by atoms with Crippen LogP contribution in [0.1, 0.15) is 44.6 Å². The average Bonchev–Trinajstić information content (AvgIpc) is 2.38. The van der Waals surface area contributed by atoms with E-state index in [1.807, 2.05) is 18.2 Å². The molecule has 106 valence electrons. The minimum Gasteiger partial charge on any atom is -0.393 e. The molecule has 0 aromatic heterocycles. The third kappa shape index (κ3) is 4.11. The van der Waals surface area contributed by atoms with Crippen molar-refractivity contribution in [1.82, 2.24) is 0 Å². The molecule has 0 bridgehead atoms. The number of halogens is 2. The van der Waals surface area contributed by atoms with Crippen LogP contribution < -0.4 is 0 Å². The Kier molecular flexibility index (Phi) is 5.56. The lowest BCUT2D eigenvalue weighted by molar-refractivity contribution is 0.0463. The zero-order valence-electron chi connectivity index (χ0n) is 11.4. The highest BCUT2D eigenvalue weighted by atomic mass is 35.5. The van der Waals surface area contributed by atoms with Gasteiger partial charge in [0, 0.05) is 10.0 Å². The number of hydrogen-bond acceptors (Lipinski definition) is 1. The minimum absolute atomic E-state index is 0.192. The van der Waals surface area contributed by atoms with E-state index in [1.54, 1.807) is 0 Å². The summed E-state index contributed by atoms with van der Waals surface area (Å²) in [6, 6.07) is 5.59. The van der Waals surface area contributed by atoms with Crippen molar-refractivity contribution in [2.24, 2.45) is 11.8 Å². The van der Waals surface area contributed by atoms with E-state index in [0.29, 0.717) is 5.92 Å². The number of aliphatic hydroxyl groups is 1. The van der Waals surface area contributed by atoms with Crippen LogP contribution in [0.3, 0.4) is 0 Å². The molecule has 1 N–H and O–H groups in total.